The predicted octanol–water partition coefficient (Wildman–Crippen LogP) is 7.67. The van der Waals surface area contributed by atoms with E-state index in [0.717, 1.165) is 32.2 Å². The van der Waals surface area contributed by atoms with Crippen molar-refractivity contribution in [2.75, 3.05) is 40.3 Å². The molecule has 2 aliphatic rings. The van der Waals surface area contributed by atoms with Gasteiger partial charge in [0.25, 0.3) is 0 Å². The van der Waals surface area contributed by atoms with Crippen molar-refractivity contribution in [2.45, 2.75) is 57.0 Å². The number of allylic oxidation sites excluding steroid dienone is 1. The Hall–Kier alpha value is -4.55. The molecule has 2 aromatic carbocycles. The Morgan fingerprint density at radius 1 is 1.02 bits per heavy atom. The fraction of sp³-hybridized carbons (Fsp3) is 0.395. The standard InChI is InChI=1S/C38H41F4N5O3/c1-45(2)34(48)13-9-20-46-19-8-12-29(25-46)50-33-18-16-28(24-43-33)36(31(23-38(40,41)42)26-10-4-3-5-11-26)27-15-17-32-30(22-27)37(39)44-47(32)35-14-6-7-21-49-35/h3-5,9-11,13,15-18,22,24,29,35H,6-8,12,14,19-21,23,25H2,1-2H3/b13-9?,36-31-/t29-,35?/m0/s1. The molecule has 2 aliphatic heterocycles. The van der Waals surface area contributed by atoms with E-state index < -0.39 is 24.8 Å². The maximum atomic E-state index is 15.4. The average Bonchev–Trinajstić information content (AvgIpc) is 3.44. The van der Waals surface area contributed by atoms with Gasteiger partial charge in [-0.2, -0.15) is 17.6 Å². The molecule has 1 amide bonds. The van der Waals surface area contributed by atoms with Gasteiger partial charge in [0.05, 0.1) is 17.3 Å². The monoisotopic (exact) mass is 691 g/mol. The first-order chi connectivity index (χ1) is 24.1. The van der Waals surface area contributed by atoms with Crippen LogP contribution >= 0.6 is 0 Å². The maximum absolute atomic E-state index is 15.4. The first kappa shape index (κ1) is 35.3. The molecule has 0 spiro atoms. The highest BCUT2D eigenvalue weighted by atomic mass is 19.4. The number of alkyl halides is 3. The van der Waals surface area contributed by atoms with Gasteiger partial charge >= 0.3 is 6.18 Å². The van der Waals surface area contributed by atoms with Crippen LogP contribution < -0.4 is 4.74 Å². The lowest BCUT2D eigenvalue weighted by molar-refractivity contribution is -0.124. The van der Waals surface area contributed by atoms with Gasteiger partial charge in [0, 0.05) is 57.7 Å². The summed E-state index contributed by atoms with van der Waals surface area (Å²) in [7, 11) is 3.41. The fourth-order valence-electron chi connectivity index (χ4n) is 6.58. The van der Waals surface area contributed by atoms with Crippen LogP contribution in [0.3, 0.4) is 0 Å². The summed E-state index contributed by atoms with van der Waals surface area (Å²) >= 11 is 0. The van der Waals surface area contributed by atoms with Crippen molar-refractivity contribution in [1.29, 1.82) is 0 Å². The molecule has 2 atom stereocenters. The van der Waals surface area contributed by atoms with E-state index in [1.54, 1.807) is 80.8 Å². The summed E-state index contributed by atoms with van der Waals surface area (Å²) < 4.78 is 71.7. The molecule has 0 N–H and O–H groups in total. The molecule has 50 heavy (non-hydrogen) atoms. The van der Waals surface area contributed by atoms with E-state index in [4.69, 9.17) is 9.47 Å². The van der Waals surface area contributed by atoms with E-state index >= 15 is 4.39 Å². The van der Waals surface area contributed by atoms with Gasteiger partial charge in [0.2, 0.25) is 17.7 Å². The Kier molecular flexibility index (Phi) is 11.0. The van der Waals surface area contributed by atoms with E-state index in [0.29, 0.717) is 59.8 Å². The Morgan fingerprint density at radius 2 is 1.82 bits per heavy atom. The van der Waals surface area contributed by atoms with Crippen molar-refractivity contribution in [3.63, 3.8) is 0 Å². The number of likely N-dealkylation sites (tertiary alicyclic amines) is 1. The number of hydrogen-bond acceptors (Lipinski definition) is 6. The number of nitrogens with zero attached hydrogens (tertiary/aromatic N) is 5. The van der Waals surface area contributed by atoms with Crippen LogP contribution in [0.15, 0.2) is 79.0 Å². The highest BCUT2D eigenvalue weighted by molar-refractivity contribution is 6.00. The molecule has 8 nitrogen and oxygen atoms in total. The van der Waals surface area contributed by atoms with E-state index in [1.165, 1.54) is 15.8 Å². The highest BCUT2D eigenvalue weighted by Gasteiger charge is 2.32. The van der Waals surface area contributed by atoms with Crippen molar-refractivity contribution >= 4 is 28.0 Å². The summed E-state index contributed by atoms with van der Waals surface area (Å²) in [6.07, 6.45) is 2.92. The zero-order valence-corrected chi connectivity index (χ0v) is 28.2. The molecule has 264 valence electrons. The smallest absolute Gasteiger partial charge is 0.393 e. The lowest BCUT2D eigenvalue weighted by atomic mass is 9.88. The van der Waals surface area contributed by atoms with Crippen molar-refractivity contribution in [1.82, 2.24) is 24.6 Å². The second-order valence-electron chi connectivity index (χ2n) is 13.0. The number of benzene rings is 2. The number of rotatable bonds is 10. The van der Waals surface area contributed by atoms with Gasteiger partial charge in [0.15, 0.2) is 6.23 Å². The predicted molar refractivity (Wildman–Crippen MR) is 184 cm³/mol. The maximum Gasteiger partial charge on any atom is 0.393 e. The SMILES string of the molecule is CN(C)C(=O)C=CCN1CCC[C@H](Oc2ccc(/C(=C(/CC(F)(F)F)c3ccccc3)c3ccc4c(c3)c(F)nn4C3CCCCO3)cn2)C1. The molecule has 1 unspecified atom stereocenters. The fourth-order valence-corrected chi connectivity index (χ4v) is 6.58. The van der Waals surface area contributed by atoms with Crippen molar-refractivity contribution < 1.29 is 31.8 Å². The summed E-state index contributed by atoms with van der Waals surface area (Å²) in [6, 6.07) is 16.8. The van der Waals surface area contributed by atoms with E-state index in [2.05, 4.69) is 15.0 Å². The topological polar surface area (TPSA) is 72.7 Å². The minimum absolute atomic E-state index is 0.0417. The molecule has 4 heterocycles. The molecular formula is C38H41F4N5O3. The summed E-state index contributed by atoms with van der Waals surface area (Å²) in [6.45, 7) is 2.68. The number of fused-ring (bicyclic) bond motifs is 1. The molecule has 6 rings (SSSR count). The Bertz CT molecular complexity index is 1830. The van der Waals surface area contributed by atoms with Gasteiger partial charge in [-0.15, -0.1) is 5.10 Å². The number of hydrogen-bond donors (Lipinski definition) is 0. The second-order valence-corrected chi connectivity index (χ2v) is 13.0. The number of pyridine rings is 1. The number of halogens is 4. The van der Waals surface area contributed by atoms with Crippen LogP contribution in [0, 0.1) is 5.95 Å². The highest BCUT2D eigenvalue weighted by Crippen LogP contribution is 2.40. The van der Waals surface area contributed by atoms with Crippen LogP contribution in [-0.2, 0) is 9.53 Å². The molecule has 4 aromatic rings. The molecular weight excluding hydrogens is 650 g/mol. The number of piperidine rings is 1. The summed E-state index contributed by atoms with van der Waals surface area (Å²) in [5.74, 6) is -0.436. The number of likely N-dealkylation sites (N-methyl/N-ethyl adjacent to an activating group) is 1. The van der Waals surface area contributed by atoms with Gasteiger partial charge in [-0.05, 0) is 79.1 Å². The van der Waals surface area contributed by atoms with Crippen LogP contribution in [0.1, 0.15) is 61.4 Å². The zero-order chi connectivity index (χ0) is 35.3. The van der Waals surface area contributed by atoms with Crippen LogP contribution in [-0.4, -0.2) is 83.1 Å². The molecule has 2 saturated heterocycles. The summed E-state index contributed by atoms with van der Waals surface area (Å²) in [5, 5.41) is 4.33. The Balaban J connectivity index is 1.33. The van der Waals surface area contributed by atoms with Crippen molar-refractivity contribution in [3.05, 3.63) is 102 Å². The number of carbonyl (C=O) groups is 1. The number of amides is 1. The lowest BCUT2D eigenvalue weighted by Crippen LogP contribution is -2.41. The Labute approximate surface area is 289 Å². The van der Waals surface area contributed by atoms with Gasteiger partial charge in [-0.1, -0.05) is 42.5 Å². The zero-order valence-electron chi connectivity index (χ0n) is 28.2. The van der Waals surface area contributed by atoms with Crippen LogP contribution in [0.4, 0.5) is 17.6 Å². The molecule has 0 bridgehead atoms. The second kappa shape index (κ2) is 15.6. The quantitative estimate of drug-likeness (QED) is 0.0966. The van der Waals surface area contributed by atoms with E-state index in [1.807, 2.05) is 6.08 Å². The minimum Gasteiger partial charge on any atom is -0.473 e. The third-order valence-corrected chi connectivity index (χ3v) is 9.02. The molecule has 2 aromatic heterocycles. The van der Waals surface area contributed by atoms with Crippen molar-refractivity contribution in [3.8, 4) is 5.88 Å². The van der Waals surface area contributed by atoms with Gasteiger partial charge in [-0.25, -0.2) is 9.67 Å². The van der Waals surface area contributed by atoms with Crippen molar-refractivity contribution in [2.24, 2.45) is 0 Å². The van der Waals surface area contributed by atoms with Crippen LogP contribution in [0.25, 0.3) is 22.0 Å². The first-order valence-electron chi connectivity index (χ1n) is 16.9. The number of aromatic nitrogens is 3. The van der Waals surface area contributed by atoms with E-state index in [9.17, 15) is 18.0 Å². The average molecular weight is 692 g/mol. The minimum atomic E-state index is -4.52. The Morgan fingerprint density at radius 3 is 2.52 bits per heavy atom. The van der Waals surface area contributed by atoms with Gasteiger partial charge in [-0.3, -0.25) is 9.69 Å². The summed E-state index contributed by atoms with van der Waals surface area (Å²) in [5.41, 5.74) is 2.08. The van der Waals surface area contributed by atoms with Gasteiger partial charge < -0.3 is 14.4 Å². The third kappa shape index (κ3) is 8.59. The van der Waals surface area contributed by atoms with Gasteiger partial charge in [0.1, 0.15) is 6.10 Å². The molecule has 0 aliphatic carbocycles. The normalized spacial score (nSPS) is 19.5. The molecule has 2 fully saturated rings. The summed E-state index contributed by atoms with van der Waals surface area (Å²) in [4.78, 5) is 20.1. The largest absolute Gasteiger partial charge is 0.473 e. The number of ether oxygens (including phenoxy) is 2. The molecule has 12 heteroatoms. The molecule has 0 radical (unpaired) electrons. The number of carbonyl (C=O) groups excluding carboxylic acids is 1. The van der Waals surface area contributed by atoms with Crippen LogP contribution in [0.5, 0.6) is 5.88 Å². The van der Waals surface area contributed by atoms with Crippen LogP contribution in [0.2, 0.25) is 0 Å². The third-order valence-electron chi connectivity index (χ3n) is 9.02. The molecule has 0 saturated carbocycles. The first-order valence-corrected chi connectivity index (χ1v) is 16.9. The van der Waals surface area contributed by atoms with E-state index in [-0.39, 0.29) is 23.0 Å². The lowest BCUT2D eigenvalue weighted by Gasteiger charge is -2.31.